The number of rotatable bonds is 2. The lowest BCUT2D eigenvalue weighted by Crippen LogP contribution is -2.39. The van der Waals surface area contributed by atoms with Crippen LogP contribution in [0.15, 0.2) is 0 Å². The number of carbonyl (C=O) groups excluding carboxylic acids is 2. The standard InChI is InChI=1S/C10H15NO4/c1-14-9(12)7-5-3-4-6(11-5)8(7)10(13)15-2/h5-8,11H,3-4H2,1-2H3. The van der Waals surface area contributed by atoms with E-state index in [2.05, 4.69) is 5.32 Å². The summed E-state index contributed by atoms with van der Waals surface area (Å²) in [5.74, 6) is -1.38. The highest BCUT2D eigenvalue weighted by molar-refractivity contribution is 5.84. The third kappa shape index (κ3) is 1.51. The highest BCUT2D eigenvalue weighted by Crippen LogP contribution is 2.39. The smallest absolute Gasteiger partial charge is 0.311 e. The zero-order valence-electron chi connectivity index (χ0n) is 8.86. The molecule has 2 aliphatic heterocycles. The average Bonchev–Trinajstić information content (AvgIpc) is 2.86. The van der Waals surface area contributed by atoms with Gasteiger partial charge >= 0.3 is 11.9 Å². The van der Waals surface area contributed by atoms with Gasteiger partial charge in [0.2, 0.25) is 0 Å². The van der Waals surface area contributed by atoms with Crippen LogP contribution in [0.4, 0.5) is 0 Å². The van der Waals surface area contributed by atoms with E-state index in [0.717, 1.165) is 12.8 Å². The molecular weight excluding hydrogens is 198 g/mol. The van der Waals surface area contributed by atoms with Gasteiger partial charge in [-0.05, 0) is 12.8 Å². The lowest BCUT2D eigenvalue weighted by atomic mass is 9.79. The van der Waals surface area contributed by atoms with Crippen molar-refractivity contribution in [2.45, 2.75) is 24.9 Å². The Labute approximate surface area is 88.1 Å². The summed E-state index contributed by atoms with van der Waals surface area (Å²) in [6, 6.07) is 0.151. The zero-order chi connectivity index (χ0) is 11.0. The first-order chi connectivity index (χ1) is 7.19. The molecule has 0 aliphatic carbocycles. The van der Waals surface area contributed by atoms with E-state index in [1.54, 1.807) is 0 Å². The quantitative estimate of drug-likeness (QED) is 0.638. The minimum atomic E-state index is -0.374. The van der Waals surface area contributed by atoms with E-state index in [1.807, 2.05) is 0 Å². The molecule has 0 aromatic rings. The summed E-state index contributed by atoms with van der Waals surface area (Å²) in [4.78, 5) is 23.1. The van der Waals surface area contributed by atoms with Gasteiger partial charge in [-0.2, -0.15) is 0 Å². The Morgan fingerprint density at radius 2 is 1.40 bits per heavy atom. The maximum atomic E-state index is 11.6. The fourth-order valence-electron chi connectivity index (χ4n) is 2.76. The summed E-state index contributed by atoms with van der Waals surface area (Å²) >= 11 is 0. The summed E-state index contributed by atoms with van der Waals surface area (Å²) < 4.78 is 9.45. The molecule has 2 heterocycles. The Morgan fingerprint density at radius 3 is 1.73 bits per heavy atom. The molecule has 0 saturated carbocycles. The van der Waals surface area contributed by atoms with Crippen LogP contribution in [-0.4, -0.2) is 38.2 Å². The molecule has 2 aliphatic rings. The first-order valence-corrected chi connectivity index (χ1v) is 5.10. The molecule has 1 N–H and O–H groups in total. The van der Waals surface area contributed by atoms with Crippen molar-refractivity contribution in [3.63, 3.8) is 0 Å². The fourth-order valence-corrected chi connectivity index (χ4v) is 2.76. The molecule has 84 valence electrons. The van der Waals surface area contributed by atoms with Crippen LogP contribution in [0, 0.1) is 11.8 Å². The topological polar surface area (TPSA) is 64.6 Å². The summed E-state index contributed by atoms with van der Waals surface area (Å²) in [6.45, 7) is 0. The zero-order valence-corrected chi connectivity index (χ0v) is 8.86. The van der Waals surface area contributed by atoms with Crippen molar-refractivity contribution in [3.05, 3.63) is 0 Å². The van der Waals surface area contributed by atoms with Crippen molar-refractivity contribution < 1.29 is 19.1 Å². The van der Waals surface area contributed by atoms with Gasteiger partial charge < -0.3 is 14.8 Å². The van der Waals surface area contributed by atoms with Gasteiger partial charge in [0, 0.05) is 12.1 Å². The minimum Gasteiger partial charge on any atom is -0.469 e. The lowest BCUT2D eigenvalue weighted by molar-refractivity contribution is -0.157. The van der Waals surface area contributed by atoms with Gasteiger partial charge in [0.1, 0.15) is 0 Å². The monoisotopic (exact) mass is 213 g/mol. The van der Waals surface area contributed by atoms with Crippen LogP contribution in [0.5, 0.6) is 0 Å². The number of ether oxygens (including phenoxy) is 2. The first kappa shape index (κ1) is 10.4. The van der Waals surface area contributed by atoms with E-state index in [9.17, 15) is 9.59 Å². The molecule has 15 heavy (non-hydrogen) atoms. The molecular formula is C10H15NO4. The lowest BCUT2D eigenvalue weighted by Gasteiger charge is -2.24. The maximum Gasteiger partial charge on any atom is 0.311 e. The van der Waals surface area contributed by atoms with Crippen LogP contribution in [0.3, 0.4) is 0 Å². The van der Waals surface area contributed by atoms with E-state index in [-0.39, 0.29) is 35.9 Å². The summed E-state index contributed by atoms with van der Waals surface area (Å²) in [5, 5.41) is 3.26. The van der Waals surface area contributed by atoms with Gasteiger partial charge in [0.05, 0.1) is 26.1 Å². The third-order valence-electron chi connectivity index (χ3n) is 3.42. The second-order valence-electron chi connectivity index (χ2n) is 4.05. The molecule has 2 bridgehead atoms. The number of nitrogens with one attached hydrogen (secondary N) is 1. The van der Waals surface area contributed by atoms with Crippen LogP contribution in [-0.2, 0) is 19.1 Å². The van der Waals surface area contributed by atoms with Gasteiger partial charge in [-0.15, -0.1) is 0 Å². The molecule has 2 rings (SSSR count). The van der Waals surface area contributed by atoms with E-state index in [4.69, 9.17) is 9.47 Å². The first-order valence-electron chi connectivity index (χ1n) is 5.10. The van der Waals surface area contributed by atoms with Gasteiger partial charge in [-0.1, -0.05) is 0 Å². The second kappa shape index (κ2) is 3.81. The second-order valence-corrected chi connectivity index (χ2v) is 4.05. The largest absolute Gasteiger partial charge is 0.469 e. The van der Waals surface area contributed by atoms with Crippen molar-refractivity contribution in [1.82, 2.24) is 5.32 Å². The van der Waals surface area contributed by atoms with Gasteiger partial charge in [-0.25, -0.2) is 0 Å². The van der Waals surface area contributed by atoms with Crippen molar-refractivity contribution in [2.24, 2.45) is 11.8 Å². The molecule has 5 heteroatoms. The molecule has 2 saturated heterocycles. The molecule has 4 atom stereocenters. The van der Waals surface area contributed by atoms with Crippen molar-refractivity contribution >= 4 is 11.9 Å². The van der Waals surface area contributed by atoms with Crippen LogP contribution < -0.4 is 5.32 Å². The maximum absolute atomic E-state index is 11.6. The van der Waals surface area contributed by atoms with Crippen molar-refractivity contribution in [2.75, 3.05) is 14.2 Å². The van der Waals surface area contributed by atoms with Crippen molar-refractivity contribution in [1.29, 1.82) is 0 Å². The Bertz CT molecular complexity index is 263. The molecule has 4 unspecified atom stereocenters. The average molecular weight is 213 g/mol. The van der Waals surface area contributed by atoms with Crippen LogP contribution in [0.1, 0.15) is 12.8 Å². The van der Waals surface area contributed by atoms with Crippen molar-refractivity contribution in [3.8, 4) is 0 Å². The highest BCUT2D eigenvalue weighted by Gasteiger charge is 2.54. The molecule has 0 radical (unpaired) electrons. The predicted molar refractivity (Wildman–Crippen MR) is 51.0 cm³/mol. The minimum absolute atomic E-state index is 0.0755. The van der Waals surface area contributed by atoms with Gasteiger partial charge in [-0.3, -0.25) is 9.59 Å². The third-order valence-corrected chi connectivity index (χ3v) is 3.42. The SMILES string of the molecule is COC(=O)C1C2CCC(N2)C1C(=O)OC. The Hall–Kier alpha value is -1.10. The number of fused-ring (bicyclic) bond motifs is 2. The number of carbonyl (C=O) groups is 2. The van der Waals surface area contributed by atoms with E-state index >= 15 is 0 Å². The predicted octanol–water partition coefficient (Wildman–Crippen LogP) is -0.301. The summed E-state index contributed by atoms with van der Waals surface area (Å²) in [6.07, 6.45) is 1.86. The summed E-state index contributed by atoms with van der Waals surface area (Å²) in [7, 11) is 2.70. The number of hydrogen-bond donors (Lipinski definition) is 1. The van der Waals surface area contributed by atoms with E-state index in [1.165, 1.54) is 14.2 Å². The van der Waals surface area contributed by atoms with Crippen LogP contribution >= 0.6 is 0 Å². The van der Waals surface area contributed by atoms with E-state index < -0.39 is 0 Å². The molecule has 0 amide bonds. The molecule has 0 spiro atoms. The Morgan fingerprint density at radius 1 is 1.00 bits per heavy atom. The Balaban J connectivity index is 2.19. The summed E-state index contributed by atoms with van der Waals surface area (Å²) in [5.41, 5.74) is 0. The van der Waals surface area contributed by atoms with Crippen LogP contribution in [0.25, 0.3) is 0 Å². The van der Waals surface area contributed by atoms with Gasteiger partial charge in [0.25, 0.3) is 0 Å². The van der Waals surface area contributed by atoms with Gasteiger partial charge in [0.15, 0.2) is 0 Å². The van der Waals surface area contributed by atoms with E-state index in [0.29, 0.717) is 0 Å². The number of esters is 2. The fraction of sp³-hybridized carbons (Fsp3) is 0.800. The normalized spacial score (nSPS) is 37.7. The molecule has 5 nitrogen and oxygen atoms in total. The molecule has 2 fully saturated rings. The number of hydrogen-bond acceptors (Lipinski definition) is 5. The number of methoxy groups -OCH3 is 2. The molecule has 0 aromatic carbocycles. The molecule has 0 aromatic heterocycles. The van der Waals surface area contributed by atoms with Crippen LogP contribution in [0.2, 0.25) is 0 Å². The highest BCUT2D eigenvalue weighted by atomic mass is 16.5. The Kier molecular flexibility index (Phi) is 2.65.